The Kier molecular flexibility index (Phi) is 13.5. The summed E-state index contributed by atoms with van der Waals surface area (Å²) in [6.45, 7) is 6.79. The van der Waals surface area contributed by atoms with Gasteiger partial charge in [0.1, 0.15) is 0 Å². The van der Waals surface area contributed by atoms with Crippen molar-refractivity contribution in [2.45, 2.75) is 91.4 Å². The van der Waals surface area contributed by atoms with E-state index in [2.05, 4.69) is 13.8 Å². The highest BCUT2D eigenvalue weighted by Crippen LogP contribution is 2.18. The molecule has 19 heavy (non-hydrogen) atoms. The fraction of sp³-hybridized carbons (Fsp3) is 0.941. The molecule has 0 aromatic heterocycles. The predicted octanol–water partition coefficient (Wildman–Crippen LogP) is 5.50. The van der Waals surface area contributed by atoms with Gasteiger partial charge in [0.25, 0.3) is 0 Å². The average molecular weight is 270 g/mol. The largest absolute Gasteiger partial charge is 0.466 e. The molecule has 0 aliphatic carbocycles. The van der Waals surface area contributed by atoms with Crippen molar-refractivity contribution in [3.8, 4) is 0 Å². The Morgan fingerprint density at radius 1 is 0.789 bits per heavy atom. The van der Waals surface area contributed by atoms with Crippen LogP contribution < -0.4 is 0 Å². The van der Waals surface area contributed by atoms with Gasteiger partial charge < -0.3 is 4.74 Å². The molecule has 0 heterocycles. The molecule has 0 saturated carbocycles. The zero-order chi connectivity index (χ0) is 14.3. The number of carbonyl (C=O) groups excluding carboxylic acids is 1. The van der Waals surface area contributed by atoms with Crippen LogP contribution in [0.5, 0.6) is 0 Å². The first-order valence-electron chi connectivity index (χ1n) is 8.42. The molecule has 0 aromatic carbocycles. The van der Waals surface area contributed by atoms with Gasteiger partial charge in [0, 0.05) is 0 Å². The summed E-state index contributed by atoms with van der Waals surface area (Å²) < 4.78 is 5.14. The maximum atomic E-state index is 11.7. The SMILES string of the molecule is CCCCCCCCCCC(CCC)C(=O)OCC. The van der Waals surface area contributed by atoms with Gasteiger partial charge in [-0.1, -0.05) is 71.6 Å². The number of ether oxygens (including phenoxy) is 1. The summed E-state index contributed by atoms with van der Waals surface area (Å²) in [7, 11) is 0. The minimum absolute atomic E-state index is 0.0206. The predicted molar refractivity (Wildman–Crippen MR) is 82.3 cm³/mol. The van der Waals surface area contributed by atoms with E-state index in [1.807, 2.05) is 6.92 Å². The number of carbonyl (C=O) groups is 1. The van der Waals surface area contributed by atoms with Gasteiger partial charge in [0.05, 0.1) is 12.5 Å². The fourth-order valence-electron chi connectivity index (χ4n) is 2.51. The summed E-state index contributed by atoms with van der Waals surface area (Å²) in [5.74, 6) is 0.164. The molecule has 0 N–H and O–H groups in total. The van der Waals surface area contributed by atoms with Gasteiger partial charge in [-0.05, 0) is 19.8 Å². The topological polar surface area (TPSA) is 26.3 Å². The van der Waals surface area contributed by atoms with Gasteiger partial charge in [0.15, 0.2) is 0 Å². The minimum atomic E-state index is 0.0206. The molecule has 0 aromatic rings. The van der Waals surface area contributed by atoms with Crippen molar-refractivity contribution >= 4 is 5.97 Å². The molecule has 0 bridgehead atoms. The molecule has 0 amide bonds. The van der Waals surface area contributed by atoms with Crippen LogP contribution in [-0.4, -0.2) is 12.6 Å². The van der Waals surface area contributed by atoms with Crippen LogP contribution >= 0.6 is 0 Å². The van der Waals surface area contributed by atoms with Crippen LogP contribution in [0.2, 0.25) is 0 Å². The second-order valence-electron chi connectivity index (χ2n) is 5.50. The van der Waals surface area contributed by atoms with Crippen LogP contribution in [0.4, 0.5) is 0 Å². The second kappa shape index (κ2) is 13.9. The van der Waals surface area contributed by atoms with Crippen LogP contribution in [0.25, 0.3) is 0 Å². The van der Waals surface area contributed by atoms with E-state index in [4.69, 9.17) is 4.74 Å². The van der Waals surface area contributed by atoms with Crippen molar-refractivity contribution in [1.29, 1.82) is 0 Å². The molecule has 114 valence electrons. The van der Waals surface area contributed by atoms with Crippen molar-refractivity contribution in [1.82, 2.24) is 0 Å². The van der Waals surface area contributed by atoms with Crippen molar-refractivity contribution in [2.75, 3.05) is 6.61 Å². The zero-order valence-corrected chi connectivity index (χ0v) is 13.4. The normalized spacial score (nSPS) is 12.4. The number of unbranched alkanes of at least 4 members (excludes halogenated alkanes) is 7. The minimum Gasteiger partial charge on any atom is -0.466 e. The molecule has 2 nitrogen and oxygen atoms in total. The fourth-order valence-corrected chi connectivity index (χ4v) is 2.51. The summed E-state index contributed by atoms with van der Waals surface area (Å²) in [5.41, 5.74) is 0. The lowest BCUT2D eigenvalue weighted by Gasteiger charge is -2.14. The van der Waals surface area contributed by atoms with Gasteiger partial charge in [-0.25, -0.2) is 0 Å². The Bertz CT molecular complexity index is 201. The van der Waals surface area contributed by atoms with Crippen molar-refractivity contribution < 1.29 is 9.53 Å². The average Bonchev–Trinajstić information content (AvgIpc) is 2.40. The standard InChI is InChI=1S/C17H34O2/c1-4-7-8-9-10-11-12-13-15-16(14-5-2)17(18)19-6-3/h16H,4-15H2,1-3H3. The summed E-state index contributed by atoms with van der Waals surface area (Å²) in [6, 6.07) is 0. The van der Waals surface area contributed by atoms with E-state index >= 15 is 0 Å². The van der Waals surface area contributed by atoms with E-state index in [9.17, 15) is 4.79 Å². The van der Waals surface area contributed by atoms with Crippen LogP contribution in [0.3, 0.4) is 0 Å². The molecule has 0 spiro atoms. The van der Waals surface area contributed by atoms with Gasteiger partial charge >= 0.3 is 5.97 Å². The maximum absolute atomic E-state index is 11.7. The summed E-state index contributed by atoms with van der Waals surface area (Å²) >= 11 is 0. The first-order valence-corrected chi connectivity index (χ1v) is 8.42. The molecule has 1 atom stereocenters. The van der Waals surface area contributed by atoms with E-state index in [0.29, 0.717) is 6.61 Å². The van der Waals surface area contributed by atoms with E-state index in [-0.39, 0.29) is 11.9 Å². The maximum Gasteiger partial charge on any atom is 0.308 e. The molecule has 0 fully saturated rings. The first kappa shape index (κ1) is 18.5. The third kappa shape index (κ3) is 11.0. The lowest BCUT2D eigenvalue weighted by atomic mass is 9.96. The highest BCUT2D eigenvalue weighted by atomic mass is 16.5. The number of hydrogen-bond donors (Lipinski definition) is 0. The smallest absolute Gasteiger partial charge is 0.308 e. The van der Waals surface area contributed by atoms with Gasteiger partial charge in [0.2, 0.25) is 0 Å². The number of hydrogen-bond acceptors (Lipinski definition) is 2. The Hall–Kier alpha value is -0.530. The van der Waals surface area contributed by atoms with E-state index in [0.717, 1.165) is 19.3 Å². The monoisotopic (exact) mass is 270 g/mol. The highest BCUT2D eigenvalue weighted by Gasteiger charge is 2.17. The number of rotatable bonds is 13. The molecule has 1 unspecified atom stereocenters. The summed E-state index contributed by atoms with van der Waals surface area (Å²) in [6.07, 6.45) is 13.7. The van der Waals surface area contributed by atoms with Crippen molar-refractivity contribution in [2.24, 2.45) is 5.92 Å². The highest BCUT2D eigenvalue weighted by molar-refractivity contribution is 5.72. The van der Waals surface area contributed by atoms with Gasteiger partial charge in [-0.15, -0.1) is 0 Å². The Morgan fingerprint density at radius 2 is 1.37 bits per heavy atom. The quantitative estimate of drug-likeness (QED) is 0.326. The summed E-state index contributed by atoms with van der Waals surface area (Å²) in [5, 5.41) is 0. The van der Waals surface area contributed by atoms with Crippen LogP contribution in [0.1, 0.15) is 91.4 Å². The van der Waals surface area contributed by atoms with E-state index in [1.165, 1.54) is 51.4 Å². The lowest BCUT2D eigenvalue weighted by Crippen LogP contribution is -2.17. The van der Waals surface area contributed by atoms with E-state index in [1.54, 1.807) is 0 Å². The van der Waals surface area contributed by atoms with Crippen molar-refractivity contribution in [3.63, 3.8) is 0 Å². The third-order valence-electron chi connectivity index (χ3n) is 3.66. The molecule has 0 saturated heterocycles. The Morgan fingerprint density at radius 3 is 1.89 bits per heavy atom. The van der Waals surface area contributed by atoms with Gasteiger partial charge in [-0.2, -0.15) is 0 Å². The molecule has 2 heteroatoms. The lowest BCUT2D eigenvalue weighted by molar-refractivity contribution is -0.148. The molecule has 0 aliphatic heterocycles. The second-order valence-corrected chi connectivity index (χ2v) is 5.50. The van der Waals surface area contributed by atoms with Gasteiger partial charge in [-0.3, -0.25) is 4.79 Å². The summed E-state index contributed by atoms with van der Waals surface area (Å²) in [4.78, 5) is 11.7. The van der Waals surface area contributed by atoms with Crippen molar-refractivity contribution in [3.05, 3.63) is 0 Å². The Balaban J connectivity index is 3.55. The molecule has 0 radical (unpaired) electrons. The molecule has 0 aliphatic rings. The van der Waals surface area contributed by atoms with Crippen LogP contribution in [0, 0.1) is 5.92 Å². The third-order valence-corrected chi connectivity index (χ3v) is 3.66. The first-order chi connectivity index (χ1) is 9.26. The van der Waals surface area contributed by atoms with E-state index < -0.39 is 0 Å². The van der Waals surface area contributed by atoms with Crippen LogP contribution in [-0.2, 0) is 9.53 Å². The molecular weight excluding hydrogens is 236 g/mol. The molecular formula is C17H34O2. The molecule has 0 rings (SSSR count). The van der Waals surface area contributed by atoms with Crippen LogP contribution in [0.15, 0.2) is 0 Å². The Labute approximate surface area is 120 Å². The number of esters is 1. The zero-order valence-electron chi connectivity index (χ0n) is 13.4.